The lowest BCUT2D eigenvalue weighted by atomic mass is 9.64. The molecular formula is C24H29ClN6O2P+. The van der Waals surface area contributed by atoms with Crippen LogP contribution in [0, 0.1) is 5.41 Å². The average molecular weight is 500 g/mol. The maximum atomic E-state index is 12.7. The predicted octanol–water partition coefficient (Wildman–Crippen LogP) is 4.28. The number of nitrogens with one attached hydrogen (secondary N) is 2. The molecule has 8 nitrogen and oxygen atoms in total. The molecule has 2 aliphatic rings. The summed E-state index contributed by atoms with van der Waals surface area (Å²) in [6.45, 7) is 5.57. The molecule has 2 fully saturated rings. The summed E-state index contributed by atoms with van der Waals surface area (Å²) < 4.78 is 20.5. The molecule has 2 aromatic heterocycles. The number of hydrogen-bond acceptors (Lipinski definition) is 7. The first-order valence-corrected chi connectivity index (χ1v) is 14.3. The summed E-state index contributed by atoms with van der Waals surface area (Å²) in [7, 11) is -0.831. The molecule has 0 unspecified atom stereocenters. The molecule has 178 valence electrons. The van der Waals surface area contributed by atoms with E-state index in [0.29, 0.717) is 33.8 Å². The van der Waals surface area contributed by atoms with Gasteiger partial charge in [0.2, 0.25) is 12.1 Å². The number of halogens is 1. The van der Waals surface area contributed by atoms with Gasteiger partial charge in [0, 0.05) is 16.8 Å². The zero-order chi connectivity index (χ0) is 23.9. The number of aromatic nitrogens is 3. The number of methoxy groups -OCH3 is 1. The first-order chi connectivity index (χ1) is 16.3. The van der Waals surface area contributed by atoms with E-state index >= 15 is 0 Å². The number of ether oxygens (including phenoxy) is 1. The van der Waals surface area contributed by atoms with Crippen molar-refractivity contribution in [2.75, 3.05) is 49.2 Å². The van der Waals surface area contributed by atoms with Crippen molar-refractivity contribution in [3.05, 3.63) is 53.8 Å². The molecule has 3 aromatic rings. The lowest BCUT2D eigenvalue weighted by molar-refractivity contribution is -0.709. The molecule has 1 aromatic carbocycles. The lowest BCUT2D eigenvalue weighted by Crippen LogP contribution is -2.74. The van der Waals surface area contributed by atoms with Crippen LogP contribution in [-0.4, -0.2) is 43.5 Å². The van der Waals surface area contributed by atoms with E-state index in [9.17, 15) is 4.57 Å². The minimum absolute atomic E-state index is 0.365. The van der Waals surface area contributed by atoms with Gasteiger partial charge >= 0.3 is 5.88 Å². The van der Waals surface area contributed by atoms with Crippen molar-refractivity contribution in [3.63, 3.8) is 0 Å². The molecule has 1 saturated carbocycles. The number of hydrogen-bond donors (Lipinski definition) is 2. The van der Waals surface area contributed by atoms with Crippen molar-refractivity contribution in [2.24, 2.45) is 5.41 Å². The summed E-state index contributed by atoms with van der Waals surface area (Å²) >= 11 is 6.39. The van der Waals surface area contributed by atoms with Crippen LogP contribution in [0.15, 0.2) is 48.8 Å². The highest BCUT2D eigenvalue weighted by molar-refractivity contribution is 7.70. The summed E-state index contributed by atoms with van der Waals surface area (Å²) in [5.41, 5.74) is 1.96. The van der Waals surface area contributed by atoms with Crippen LogP contribution in [0.4, 0.5) is 23.1 Å². The van der Waals surface area contributed by atoms with Crippen molar-refractivity contribution >= 4 is 47.2 Å². The largest absolute Gasteiger partial charge is 0.444 e. The molecule has 0 atom stereocenters. The van der Waals surface area contributed by atoms with Gasteiger partial charge in [0.15, 0.2) is 11.5 Å². The first-order valence-electron chi connectivity index (χ1n) is 11.3. The molecular weight excluding hydrogens is 471 g/mol. The maximum absolute atomic E-state index is 12.7. The van der Waals surface area contributed by atoms with E-state index in [4.69, 9.17) is 16.3 Å². The van der Waals surface area contributed by atoms with Gasteiger partial charge in [-0.3, -0.25) is 0 Å². The minimum Gasteiger partial charge on any atom is -0.444 e. The van der Waals surface area contributed by atoms with E-state index in [2.05, 4.69) is 30.3 Å². The van der Waals surface area contributed by atoms with Crippen LogP contribution in [0.1, 0.15) is 19.3 Å². The molecule has 34 heavy (non-hydrogen) atoms. The molecule has 3 heterocycles. The Morgan fingerprint density at radius 2 is 1.85 bits per heavy atom. The van der Waals surface area contributed by atoms with Gasteiger partial charge in [-0.05, 0) is 49.0 Å². The maximum Gasteiger partial charge on any atom is 0.421 e. The second-order valence-corrected chi connectivity index (χ2v) is 13.1. The Labute approximate surface area is 204 Å². The van der Waals surface area contributed by atoms with Crippen molar-refractivity contribution in [2.45, 2.75) is 19.3 Å². The van der Waals surface area contributed by atoms with Crippen LogP contribution < -0.4 is 30.4 Å². The van der Waals surface area contributed by atoms with E-state index in [-0.39, 0.29) is 0 Å². The highest BCUT2D eigenvalue weighted by Gasteiger charge is 2.52. The van der Waals surface area contributed by atoms with E-state index < -0.39 is 7.14 Å². The summed E-state index contributed by atoms with van der Waals surface area (Å²) in [6.07, 6.45) is 7.51. The van der Waals surface area contributed by atoms with Crippen LogP contribution >= 0.6 is 18.7 Å². The first kappa shape index (κ1) is 22.9. The van der Waals surface area contributed by atoms with E-state index in [1.807, 2.05) is 42.6 Å². The van der Waals surface area contributed by atoms with Gasteiger partial charge in [-0.15, -0.1) is 0 Å². The number of para-hydroxylation sites is 1. The van der Waals surface area contributed by atoms with Crippen LogP contribution in [0.3, 0.4) is 0 Å². The molecule has 5 rings (SSSR count). The Balaban J connectivity index is 1.40. The Kier molecular flexibility index (Phi) is 5.90. The smallest absolute Gasteiger partial charge is 0.421 e. The van der Waals surface area contributed by atoms with Crippen LogP contribution in [0.2, 0.25) is 5.02 Å². The summed E-state index contributed by atoms with van der Waals surface area (Å²) in [5.74, 6) is 1.49. The third-order valence-corrected chi connectivity index (χ3v) is 8.43. The molecule has 2 N–H and O–H groups in total. The average Bonchev–Trinajstić information content (AvgIpc) is 2.74. The van der Waals surface area contributed by atoms with Gasteiger partial charge in [-0.1, -0.05) is 30.2 Å². The fourth-order valence-electron chi connectivity index (χ4n) is 4.69. The zero-order valence-corrected chi connectivity index (χ0v) is 21.2. The number of anilines is 4. The number of rotatable bonds is 7. The normalized spacial score (nSPS) is 16.5. The third-order valence-electron chi connectivity index (χ3n) is 6.60. The summed E-state index contributed by atoms with van der Waals surface area (Å²) in [4.78, 5) is 8.93. The monoisotopic (exact) mass is 499 g/mol. The molecule has 1 spiro atoms. The highest BCUT2D eigenvalue weighted by atomic mass is 35.5. The van der Waals surface area contributed by atoms with E-state index in [1.165, 1.54) is 19.3 Å². The number of pyridine rings is 1. The van der Waals surface area contributed by atoms with Crippen molar-refractivity contribution in [3.8, 4) is 5.88 Å². The fraction of sp³-hybridized carbons (Fsp3) is 0.375. The Bertz CT molecular complexity index is 1270. The van der Waals surface area contributed by atoms with Crippen LogP contribution in [-0.2, 0) is 4.57 Å². The number of nitrogens with zero attached hydrogens (tertiary/aromatic N) is 4. The molecule has 1 saturated heterocycles. The van der Waals surface area contributed by atoms with Crippen LogP contribution in [0.25, 0.3) is 0 Å². The van der Waals surface area contributed by atoms with Gasteiger partial charge in [0.25, 0.3) is 0 Å². The van der Waals surface area contributed by atoms with Crippen LogP contribution in [0.5, 0.6) is 5.88 Å². The standard InChI is InChI=1S/C24H29ClN6O2P/c1-33-22-19(9-6-13-31(22)30-15-24(16-30)11-7-12-24)28-23-26-14-17(25)21(29-23)27-18-8-4-5-10-20(18)34(2,3)32/h4-6,8-10,13-14H,7,11-12,15-16H2,1-3H3,(H2,26,27,28,29)/q+1. The zero-order valence-electron chi connectivity index (χ0n) is 19.6. The second-order valence-electron chi connectivity index (χ2n) is 9.46. The molecule has 0 radical (unpaired) electrons. The minimum atomic E-state index is -2.49. The Morgan fingerprint density at radius 1 is 1.12 bits per heavy atom. The van der Waals surface area contributed by atoms with E-state index in [1.54, 1.807) is 26.6 Å². The van der Waals surface area contributed by atoms with Gasteiger partial charge in [0.1, 0.15) is 12.2 Å². The quantitative estimate of drug-likeness (QED) is 0.371. The van der Waals surface area contributed by atoms with Crippen molar-refractivity contribution < 1.29 is 14.0 Å². The summed E-state index contributed by atoms with van der Waals surface area (Å²) in [6, 6.07) is 11.4. The van der Waals surface area contributed by atoms with Gasteiger partial charge in [-0.2, -0.15) is 9.99 Å². The number of benzene rings is 1. The predicted molar refractivity (Wildman–Crippen MR) is 137 cm³/mol. The van der Waals surface area contributed by atoms with Gasteiger partial charge in [-0.25, -0.2) is 4.98 Å². The molecule has 1 aliphatic carbocycles. The summed E-state index contributed by atoms with van der Waals surface area (Å²) in [5, 5.41) is 9.90. The topological polar surface area (TPSA) is 83.3 Å². The van der Waals surface area contributed by atoms with E-state index in [0.717, 1.165) is 24.1 Å². The molecule has 0 bridgehead atoms. The van der Waals surface area contributed by atoms with Gasteiger partial charge in [0.05, 0.1) is 32.1 Å². The fourth-order valence-corrected chi connectivity index (χ4v) is 5.98. The highest BCUT2D eigenvalue weighted by Crippen LogP contribution is 2.46. The van der Waals surface area contributed by atoms with Crippen molar-refractivity contribution in [1.29, 1.82) is 0 Å². The van der Waals surface area contributed by atoms with Gasteiger partial charge < -0.3 is 19.9 Å². The Hall–Kier alpha value is -2.83. The Morgan fingerprint density at radius 3 is 2.53 bits per heavy atom. The second kappa shape index (κ2) is 8.75. The lowest BCUT2D eigenvalue weighted by Gasteiger charge is -2.52. The van der Waals surface area contributed by atoms with Crippen molar-refractivity contribution in [1.82, 2.24) is 9.97 Å². The SMILES string of the molecule is COc1c(Nc2ncc(Cl)c(Nc3ccccc3P(C)(C)=O)n2)ccc[n+]1N1CC2(CCC2)C1. The molecule has 1 aliphatic heterocycles. The molecule has 0 amide bonds. The third kappa shape index (κ3) is 4.32. The molecule has 10 heteroatoms.